The Bertz CT molecular complexity index is 1010. The molecule has 1 fully saturated rings. The van der Waals surface area contributed by atoms with Gasteiger partial charge in [0.25, 0.3) is 0 Å². The topological polar surface area (TPSA) is 123 Å². The summed E-state index contributed by atoms with van der Waals surface area (Å²) in [7, 11) is 1.51. The van der Waals surface area contributed by atoms with Crippen molar-refractivity contribution in [2.45, 2.75) is 84.2 Å². The van der Waals surface area contributed by atoms with Crippen molar-refractivity contribution in [3.05, 3.63) is 22.3 Å². The van der Waals surface area contributed by atoms with Gasteiger partial charge in [-0.15, -0.1) is 0 Å². The van der Waals surface area contributed by atoms with Gasteiger partial charge in [0.15, 0.2) is 0 Å². The van der Waals surface area contributed by atoms with Gasteiger partial charge in [-0.25, -0.2) is 4.79 Å². The van der Waals surface area contributed by atoms with Gasteiger partial charge >= 0.3 is 11.9 Å². The second-order valence-electron chi connectivity index (χ2n) is 10.9. The molecule has 3 aliphatic rings. The van der Waals surface area contributed by atoms with Crippen LogP contribution >= 0.6 is 0 Å². The molecule has 0 amide bonds. The van der Waals surface area contributed by atoms with E-state index in [0.717, 1.165) is 16.7 Å². The number of cyclic esters (lactones) is 1. The molecule has 0 aromatic heterocycles. The van der Waals surface area contributed by atoms with Crippen LogP contribution in [0.5, 0.6) is 11.5 Å². The summed E-state index contributed by atoms with van der Waals surface area (Å²) in [6, 6.07) is 0. The molecule has 1 aromatic rings. The van der Waals surface area contributed by atoms with Crippen LogP contribution in [0.15, 0.2) is 0 Å². The molecule has 5 atom stereocenters. The van der Waals surface area contributed by atoms with Crippen LogP contribution < -0.4 is 9.47 Å². The third-order valence-electron chi connectivity index (χ3n) is 8.25. The standard InChI is InChI=1S/C25H34O8/c1-12-14-11-32-22(29)18(14)20(31-6)13-9-16-24(4,8-7-17(27)28)21(23(2,3)30)15(26)10-25(16,5)33-19(12)13/h15-16,21,26,30H,7-11H2,1-6H3,(H,27,28)/t15-,16-,21+,24+,25+/m1/s1. The van der Waals surface area contributed by atoms with E-state index in [4.69, 9.17) is 14.2 Å². The van der Waals surface area contributed by atoms with E-state index >= 15 is 0 Å². The Morgan fingerprint density at radius 3 is 2.52 bits per heavy atom. The Morgan fingerprint density at radius 2 is 1.94 bits per heavy atom. The number of rotatable bonds is 5. The van der Waals surface area contributed by atoms with Gasteiger partial charge in [0.1, 0.15) is 29.3 Å². The second-order valence-corrected chi connectivity index (χ2v) is 10.9. The van der Waals surface area contributed by atoms with E-state index < -0.39 is 40.6 Å². The number of esters is 1. The first-order chi connectivity index (χ1) is 15.2. The number of aliphatic hydroxyl groups is 2. The molecule has 2 heterocycles. The quantitative estimate of drug-likeness (QED) is 0.571. The monoisotopic (exact) mass is 462 g/mol. The van der Waals surface area contributed by atoms with Crippen LogP contribution in [0, 0.1) is 24.2 Å². The summed E-state index contributed by atoms with van der Waals surface area (Å²) < 4.78 is 17.6. The lowest BCUT2D eigenvalue weighted by molar-refractivity contribution is -0.213. The highest BCUT2D eigenvalue weighted by atomic mass is 16.5. The first-order valence-corrected chi connectivity index (χ1v) is 11.4. The van der Waals surface area contributed by atoms with Gasteiger partial charge < -0.3 is 29.5 Å². The molecule has 8 heteroatoms. The normalized spacial score (nSPS) is 32.8. The predicted molar refractivity (Wildman–Crippen MR) is 118 cm³/mol. The smallest absolute Gasteiger partial charge is 0.342 e. The minimum atomic E-state index is -1.24. The first-order valence-electron chi connectivity index (χ1n) is 11.4. The van der Waals surface area contributed by atoms with Crippen LogP contribution in [0.4, 0.5) is 0 Å². The zero-order chi connectivity index (χ0) is 24.5. The summed E-state index contributed by atoms with van der Waals surface area (Å²) in [5.74, 6) is -1.10. The number of hydrogen-bond donors (Lipinski definition) is 3. The van der Waals surface area contributed by atoms with Crippen molar-refractivity contribution in [1.29, 1.82) is 0 Å². The average Bonchev–Trinajstić information content (AvgIpc) is 3.07. The lowest BCUT2D eigenvalue weighted by atomic mass is 9.48. The van der Waals surface area contributed by atoms with E-state index in [-0.39, 0.29) is 25.4 Å². The Balaban J connectivity index is 1.91. The summed E-state index contributed by atoms with van der Waals surface area (Å²) in [5.41, 5.74) is -0.0651. The molecule has 182 valence electrons. The number of hydrogen-bond acceptors (Lipinski definition) is 7. The van der Waals surface area contributed by atoms with Crippen LogP contribution in [-0.2, 0) is 22.6 Å². The molecule has 33 heavy (non-hydrogen) atoms. The highest BCUT2D eigenvalue weighted by Crippen LogP contribution is 2.61. The van der Waals surface area contributed by atoms with Gasteiger partial charge in [0.05, 0.1) is 18.8 Å². The number of carboxylic acid groups (broad SMARTS) is 1. The lowest BCUT2D eigenvalue weighted by Crippen LogP contribution is -2.66. The summed E-state index contributed by atoms with van der Waals surface area (Å²) in [5, 5.41) is 31.8. The van der Waals surface area contributed by atoms with Crippen molar-refractivity contribution < 1.29 is 39.1 Å². The number of carbonyl (C=O) groups excluding carboxylic acids is 1. The van der Waals surface area contributed by atoms with Gasteiger partial charge in [-0.3, -0.25) is 4.79 Å². The SMILES string of the molecule is COc1c2c(c(C)c3c1C(=O)OC3)O[C@@]1(C)C[C@@H](O)[C@@H](C(C)(C)O)[C@@](C)(CCC(=O)O)[C@H]1C2. The summed E-state index contributed by atoms with van der Waals surface area (Å²) in [6.07, 6.45) is 0.0469. The van der Waals surface area contributed by atoms with Crippen LogP contribution in [-0.4, -0.2) is 51.7 Å². The Kier molecular flexibility index (Phi) is 5.49. The molecular formula is C25H34O8. The molecule has 8 nitrogen and oxygen atoms in total. The van der Waals surface area contributed by atoms with Gasteiger partial charge in [-0.1, -0.05) is 6.92 Å². The van der Waals surface area contributed by atoms with Crippen molar-refractivity contribution in [3.63, 3.8) is 0 Å². The number of methoxy groups -OCH3 is 1. The van der Waals surface area contributed by atoms with Gasteiger partial charge in [0.2, 0.25) is 0 Å². The average molecular weight is 463 g/mol. The number of fused-ring (bicyclic) bond motifs is 3. The van der Waals surface area contributed by atoms with Crippen molar-refractivity contribution in [2.75, 3.05) is 7.11 Å². The Labute approximate surface area is 193 Å². The van der Waals surface area contributed by atoms with Crippen molar-refractivity contribution in [2.24, 2.45) is 17.3 Å². The predicted octanol–water partition coefficient (Wildman–Crippen LogP) is 3.01. The van der Waals surface area contributed by atoms with Crippen molar-refractivity contribution in [3.8, 4) is 11.5 Å². The molecule has 0 spiro atoms. The van der Waals surface area contributed by atoms with E-state index in [0.29, 0.717) is 29.9 Å². The zero-order valence-electron chi connectivity index (χ0n) is 20.2. The third-order valence-corrected chi connectivity index (χ3v) is 8.25. The molecule has 2 aliphatic heterocycles. The van der Waals surface area contributed by atoms with Crippen LogP contribution in [0.3, 0.4) is 0 Å². The fourth-order valence-electron chi connectivity index (χ4n) is 7.11. The molecule has 0 radical (unpaired) electrons. The van der Waals surface area contributed by atoms with Crippen molar-refractivity contribution in [1.82, 2.24) is 0 Å². The third kappa shape index (κ3) is 3.49. The minimum Gasteiger partial charge on any atom is -0.495 e. The van der Waals surface area contributed by atoms with Crippen molar-refractivity contribution >= 4 is 11.9 Å². The highest BCUT2D eigenvalue weighted by Gasteiger charge is 2.63. The Morgan fingerprint density at radius 1 is 1.27 bits per heavy atom. The fourth-order valence-corrected chi connectivity index (χ4v) is 7.11. The van der Waals surface area contributed by atoms with Gasteiger partial charge in [-0.2, -0.15) is 0 Å². The summed E-state index contributed by atoms with van der Waals surface area (Å²) in [4.78, 5) is 24.0. The zero-order valence-corrected chi connectivity index (χ0v) is 20.2. The highest BCUT2D eigenvalue weighted by molar-refractivity contribution is 5.98. The maximum absolute atomic E-state index is 12.5. The molecule has 3 N–H and O–H groups in total. The number of carboxylic acids is 1. The molecule has 1 aliphatic carbocycles. The van der Waals surface area contributed by atoms with E-state index in [1.54, 1.807) is 13.8 Å². The number of ether oxygens (including phenoxy) is 3. The number of aliphatic carboxylic acids is 1. The molecule has 0 saturated heterocycles. The molecule has 0 bridgehead atoms. The van der Waals surface area contributed by atoms with Crippen LogP contribution in [0.25, 0.3) is 0 Å². The summed E-state index contributed by atoms with van der Waals surface area (Å²) in [6.45, 7) is 9.27. The van der Waals surface area contributed by atoms with E-state index in [1.165, 1.54) is 7.11 Å². The fraction of sp³-hybridized carbons (Fsp3) is 0.680. The molecule has 1 aromatic carbocycles. The molecular weight excluding hydrogens is 428 g/mol. The summed E-state index contributed by atoms with van der Waals surface area (Å²) >= 11 is 0. The maximum Gasteiger partial charge on any atom is 0.342 e. The van der Waals surface area contributed by atoms with Crippen LogP contribution in [0.2, 0.25) is 0 Å². The number of carbonyl (C=O) groups is 2. The molecule has 0 unspecified atom stereocenters. The van der Waals surface area contributed by atoms with Gasteiger partial charge in [0, 0.05) is 35.8 Å². The number of aliphatic hydroxyl groups excluding tert-OH is 1. The van der Waals surface area contributed by atoms with E-state index in [2.05, 4.69) is 0 Å². The minimum absolute atomic E-state index is 0.0953. The second kappa shape index (κ2) is 7.60. The largest absolute Gasteiger partial charge is 0.495 e. The lowest BCUT2D eigenvalue weighted by Gasteiger charge is -2.61. The van der Waals surface area contributed by atoms with E-state index in [9.17, 15) is 24.9 Å². The maximum atomic E-state index is 12.5. The van der Waals surface area contributed by atoms with Gasteiger partial charge in [-0.05, 0) is 51.5 Å². The van der Waals surface area contributed by atoms with E-state index in [1.807, 2.05) is 20.8 Å². The van der Waals surface area contributed by atoms with Crippen LogP contribution in [0.1, 0.15) is 74.0 Å². The number of benzene rings is 1. The molecule has 4 rings (SSSR count). The first kappa shape index (κ1) is 23.8. The molecule has 1 saturated carbocycles. The Hall–Kier alpha value is -2.32.